The van der Waals surface area contributed by atoms with Gasteiger partial charge in [0.25, 0.3) is 0 Å². The van der Waals surface area contributed by atoms with Crippen molar-refractivity contribution in [2.45, 2.75) is 19.8 Å². The number of amides is 1. The number of carbonyl (C=O) groups is 1. The molecule has 0 unspecified atom stereocenters. The zero-order valence-corrected chi connectivity index (χ0v) is 9.72. The van der Waals surface area contributed by atoms with Crippen LogP contribution >= 0.6 is 0 Å². The Morgan fingerprint density at radius 2 is 2.12 bits per heavy atom. The van der Waals surface area contributed by atoms with Crippen molar-refractivity contribution in [1.82, 2.24) is 5.32 Å². The standard InChI is InChI=1S/C13H15F2NO/c1-3-5-16-13(17)8-10-7-11(14)9(4-2)6-12(10)15/h4,6-7H,2-3,5,8H2,1H3,(H,16,17). The predicted octanol–water partition coefficient (Wildman–Crippen LogP) is 2.68. The zero-order chi connectivity index (χ0) is 12.8. The normalized spacial score (nSPS) is 10.1. The highest BCUT2D eigenvalue weighted by Gasteiger charge is 2.11. The van der Waals surface area contributed by atoms with Crippen LogP contribution in [0.1, 0.15) is 24.5 Å². The summed E-state index contributed by atoms with van der Waals surface area (Å²) in [5.74, 6) is -1.47. The van der Waals surface area contributed by atoms with Gasteiger partial charge >= 0.3 is 0 Å². The van der Waals surface area contributed by atoms with Crippen LogP contribution in [0.3, 0.4) is 0 Å². The molecule has 0 aliphatic heterocycles. The summed E-state index contributed by atoms with van der Waals surface area (Å²) in [4.78, 5) is 11.4. The first kappa shape index (κ1) is 13.4. The Morgan fingerprint density at radius 3 is 2.71 bits per heavy atom. The second-order valence-electron chi connectivity index (χ2n) is 3.70. The maximum Gasteiger partial charge on any atom is 0.224 e. The summed E-state index contributed by atoms with van der Waals surface area (Å²) in [6.07, 6.45) is 1.89. The molecule has 0 aliphatic rings. The average Bonchev–Trinajstić information content (AvgIpc) is 2.30. The Morgan fingerprint density at radius 1 is 1.41 bits per heavy atom. The number of carbonyl (C=O) groups excluding carboxylic acids is 1. The zero-order valence-electron chi connectivity index (χ0n) is 9.72. The topological polar surface area (TPSA) is 29.1 Å². The van der Waals surface area contributed by atoms with Crippen molar-refractivity contribution in [3.63, 3.8) is 0 Å². The second kappa shape index (κ2) is 6.13. The molecule has 0 aromatic heterocycles. The lowest BCUT2D eigenvalue weighted by molar-refractivity contribution is -0.120. The van der Waals surface area contributed by atoms with E-state index in [0.29, 0.717) is 6.54 Å². The third-order valence-electron chi connectivity index (χ3n) is 2.31. The van der Waals surface area contributed by atoms with Crippen LogP contribution in [0.15, 0.2) is 18.7 Å². The molecule has 1 aromatic carbocycles. The number of halogens is 2. The molecule has 4 heteroatoms. The van der Waals surface area contributed by atoms with E-state index in [-0.39, 0.29) is 23.5 Å². The number of benzene rings is 1. The average molecular weight is 239 g/mol. The quantitative estimate of drug-likeness (QED) is 0.841. The van der Waals surface area contributed by atoms with Crippen LogP contribution in [0.5, 0.6) is 0 Å². The fourth-order valence-corrected chi connectivity index (χ4v) is 1.40. The molecular formula is C13H15F2NO. The lowest BCUT2D eigenvalue weighted by Crippen LogP contribution is -2.26. The number of nitrogens with one attached hydrogen (secondary N) is 1. The molecule has 0 aliphatic carbocycles. The van der Waals surface area contributed by atoms with Gasteiger partial charge in [-0.25, -0.2) is 8.78 Å². The molecule has 0 fully saturated rings. The lowest BCUT2D eigenvalue weighted by atomic mass is 10.1. The highest BCUT2D eigenvalue weighted by Crippen LogP contribution is 2.16. The highest BCUT2D eigenvalue weighted by atomic mass is 19.1. The molecule has 0 spiro atoms. The van der Waals surface area contributed by atoms with E-state index >= 15 is 0 Å². The first-order valence-electron chi connectivity index (χ1n) is 5.45. The fourth-order valence-electron chi connectivity index (χ4n) is 1.40. The van der Waals surface area contributed by atoms with Crippen molar-refractivity contribution >= 4 is 12.0 Å². The highest BCUT2D eigenvalue weighted by molar-refractivity contribution is 5.78. The van der Waals surface area contributed by atoms with Gasteiger partial charge in [-0.2, -0.15) is 0 Å². The Labute approximate surface area is 99.3 Å². The lowest BCUT2D eigenvalue weighted by Gasteiger charge is -2.06. The first-order valence-corrected chi connectivity index (χ1v) is 5.45. The number of rotatable bonds is 5. The van der Waals surface area contributed by atoms with Crippen molar-refractivity contribution in [1.29, 1.82) is 0 Å². The van der Waals surface area contributed by atoms with Gasteiger partial charge in [-0.1, -0.05) is 19.6 Å². The van der Waals surface area contributed by atoms with Crippen LogP contribution < -0.4 is 5.32 Å². The van der Waals surface area contributed by atoms with Crippen molar-refractivity contribution in [2.24, 2.45) is 0 Å². The summed E-state index contributed by atoms with van der Waals surface area (Å²) in [5.41, 5.74) is 0.155. The minimum Gasteiger partial charge on any atom is -0.356 e. The van der Waals surface area contributed by atoms with E-state index < -0.39 is 11.6 Å². The summed E-state index contributed by atoms with van der Waals surface area (Å²) in [7, 11) is 0. The van der Waals surface area contributed by atoms with E-state index in [1.165, 1.54) is 6.08 Å². The maximum atomic E-state index is 13.5. The Balaban J connectivity index is 2.81. The third kappa shape index (κ3) is 3.66. The van der Waals surface area contributed by atoms with Gasteiger partial charge in [-0.15, -0.1) is 0 Å². The van der Waals surface area contributed by atoms with Crippen LogP contribution in [0.2, 0.25) is 0 Å². The van der Waals surface area contributed by atoms with E-state index in [0.717, 1.165) is 18.6 Å². The summed E-state index contributed by atoms with van der Waals surface area (Å²) in [6.45, 7) is 5.83. The maximum absolute atomic E-state index is 13.5. The van der Waals surface area contributed by atoms with Crippen LogP contribution in [-0.4, -0.2) is 12.5 Å². The smallest absolute Gasteiger partial charge is 0.224 e. The Kier molecular flexibility index (Phi) is 4.82. The largest absolute Gasteiger partial charge is 0.356 e. The van der Waals surface area contributed by atoms with Crippen molar-refractivity contribution < 1.29 is 13.6 Å². The number of hydrogen-bond acceptors (Lipinski definition) is 1. The molecule has 1 N–H and O–H groups in total. The molecule has 0 saturated carbocycles. The van der Waals surface area contributed by atoms with Crippen molar-refractivity contribution in [2.75, 3.05) is 6.54 Å². The molecule has 0 radical (unpaired) electrons. The van der Waals surface area contributed by atoms with Crippen molar-refractivity contribution in [3.05, 3.63) is 41.5 Å². The third-order valence-corrected chi connectivity index (χ3v) is 2.31. The van der Waals surface area contributed by atoms with Gasteiger partial charge < -0.3 is 5.32 Å². The minimum atomic E-state index is -0.590. The van der Waals surface area contributed by atoms with Gasteiger partial charge in [-0.3, -0.25) is 4.79 Å². The summed E-state index contributed by atoms with van der Waals surface area (Å²) in [5, 5.41) is 2.61. The summed E-state index contributed by atoms with van der Waals surface area (Å²) >= 11 is 0. The van der Waals surface area contributed by atoms with E-state index in [4.69, 9.17) is 0 Å². The Bertz CT molecular complexity index is 430. The molecule has 17 heavy (non-hydrogen) atoms. The fraction of sp³-hybridized carbons (Fsp3) is 0.308. The monoisotopic (exact) mass is 239 g/mol. The second-order valence-corrected chi connectivity index (χ2v) is 3.70. The summed E-state index contributed by atoms with van der Waals surface area (Å²) < 4.78 is 26.9. The van der Waals surface area contributed by atoms with Crippen LogP contribution in [-0.2, 0) is 11.2 Å². The molecular weight excluding hydrogens is 224 g/mol. The molecule has 0 heterocycles. The number of hydrogen-bond donors (Lipinski definition) is 1. The van der Waals surface area contributed by atoms with Crippen molar-refractivity contribution in [3.8, 4) is 0 Å². The molecule has 0 bridgehead atoms. The van der Waals surface area contributed by atoms with E-state index in [2.05, 4.69) is 11.9 Å². The van der Waals surface area contributed by atoms with Gasteiger partial charge in [0.2, 0.25) is 5.91 Å². The molecule has 92 valence electrons. The molecule has 2 nitrogen and oxygen atoms in total. The Hall–Kier alpha value is -1.71. The van der Waals surface area contributed by atoms with Gasteiger partial charge in [0.05, 0.1) is 6.42 Å². The molecule has 1 rings (SSSR count). The van der Waals surface area contributed by atoms with E-state index in [1.807, 2.05) is 6.92 Å². The molecule has 1 aromatic rings. The first-order chi connectivity index (χ1) is 8.08. The van der Waals surface area contributed by atoms with Crippen LogP contribution in [0.4, 0.5) is 8.78 Å². The van der Waals surface area contributed by atoms with E-state index in [1.54, 1.807) is 0 Å². The van der Waals surface area contributed by atoms with Gasteiger partial charge in [0.1, 0.15) is 11.6 Å². The molecule has 0 saturated heterocycles. The van der Waals surface area contributed by atoms with Crippen LogP contribution in [0.25, 0.3) is 6.08 Å². The van der Waals surface area contributed by atoms with Gasteiger partial charge in [0.15, 0.2) is 0 Å². The van der Waals surface area contributed by atoms with E-state index in [9.17, 15) is 13.6 Å². The summed E-state index contributed by atoms with van der Waals surface area (Å²) in [6, 6.07) is 2.09. The molecule has 0 atom stereocenters. The van der Waals surface area contributed by atoms with Gasteiger partial charge in [-0.05, 0) is 18.6 Å². The van der Waals surface area contributed by atoms with Crippen LogP contribution in [0, 0.1) is 11.6 Å². The van der Waals surface area contributed by atoms with Gasteiger partial charge in [0, 0.05) is 17.7 Å². The minimum absolute atomic E-state index is 0.0571. The molecule has 1 amide bonds. The SMILES string of the molecule is C=Cc1cc(F)c(CC(=O)NCCC)cc1F. The predicted molar refractivity (Wildman–Crippen MR) is 63.5 cm³/mol.